The smallest absolute Gasteiger partial charge is 0.335 e. The molecule has 0 radical (unpaired) electrons. The lowest BCUT2D eigenvalue weighted by atomic mass is 10.0. The molecule has 0 saturated carbocycles. The van der Waals surface area contributed by atoms with Crippen LogP contribution >= 0.6 is 0 Å². The molecule has 0 spiro atoms. The first kappa shape index (κ1) is 22.3. The SMILES string of the molecule is Cc1cc(C(=O)N[C@@H](C)c2ccc(C(=O)O)cc2)c2c(ccn2Cc2ccc3ccccc3n2)c1. The third kappa shape index (κ3) is 4.51. The van der Waals surface area contributed by atoms with Crippen molar-refractivity contribution < 1.29 is 14.7 Å². The second-order valence-electron chi connectivity index (χ2n) is 8.81. The largest absolute Gasteiger partial charge is 0.478 e. The molecule has 0 aliphatic carbocycles. The first-order valence-corrected chi connectivity index (χ1v) is 11.5. The van der Waals surface area contributed by atoms with E-state index in [4.69, 9.17) is 10.1 Å². The number of hydrogen-bond acceptors (Lipinski definition) is 3. The maximum absolute atomic E-state index is 13.4. The zero-order chi connectivity index (χ0) is 24.5. The minimum atomic E-state index is -0.975. The summed E-state index contributed by atoms with van der Waals surface area (Å²) in [6, 6.07) is 24.4. The number of amides is 1. The number of hydrogen-bond donors (Lipinski definition) is 2. The molecule has 174 valence electrons. The van der Waals surface area contributed by atoms with E-state index < -0.39 is 5.97 Å². The number of rotatable bonds is 6. The van der Waals surface area contributed by atoms with Gasteiger partial charge in [0, 0.05) is 17.0 Å². The Labute approximate surface area is 202 Å². The minimum absolute atomic E-state index is 0.181. The molecular formula is C29H25N3O3. The van der Waals surface area contributed by atoms with Gasteiger partial charge in [0.1, 0.15) is 0 Å². The molecule has 6 nitrogen and oxygen atoms in total. The number of carboxylic acid groups (broad SMARTS) is 1. The topological polar surface area (TPSA) is 84.2 Å². The number of carbonyl (C=O) groups excluding carboxylic acids is 1. The van der Waals surface area contributed by atoms with E-state index in [9.17, 15) is 9.59 Å². The summed E-state index contributed by atoms with van der Waals surface area (Å²) in [5.74, 6) is -1.16. The highest BCUT2D eigenvalue weighted by atomic mass is 16.4. The van der Waals surface area contributed by atoms with Crippen molar-refractivity contribution in [1.29, 1.82) is 0 Å². The van der Waals surface area contributed by atoms with Crippen molar-refractivity contribution in [1.82, 2.24) is 14.9 Å². The summed E-state index contributed by atoms with van der Waals surface area (Å²) < 4.78 is 2.06. The predicted octanol–water partition coefficient (Wildman–Crippen LogP) is 5.74. The maximum atomic E-state index is 13.4. The summed E-state index contributed by atoms with van der Waals surface area (Å²) in [4.78, 5) is 29.3. The van der Waals surface area contributed by atoms with Crippen LogP contribution in [0.4, 0.5) is 0 Å². The lowest BCUT2D eigenvalue weighted by Gasteiger charge is -2.17. The minimum Gasteiger partial charge on any atom is -0.478 e. The van der Waals surface area contributed by atoms with Gasteiger partial charge in [0.2, 0.25) is 0 Å². The molecule has 1 atom stereocenters. The summed E-state index contributed by atoms with van der Waals surface area (Å²) in [5, 5.41) is 14.3. The molecule has 2 N–H and O–H groups in total. The molecule has 6 heteroatoms. The first-order chi connectivity index (χ1) is 16.9. The summed E-state index contributed by atoms with van der Waals surface area (Å²) in [7, 11) is 0. The van der Waals surface area contributed by atoms with E-state index in [-0.39, 0.29) is 17.5 Å². The van der Waals surface area contributed by atoms with Crippen LogP contribution in [0.1, 0.15) is 50.5 Å². The highest BCUT2D eigenvalue weighted by Crippen LogP contribution is 2.25. The number of fused-ring (bicyclic) bond motifs is 2. The third-order valence-corrected chi connectivity index (χ3v) is 6.24. The molecule has 2 aromatic heterocycles. The summed E-state index contributed by atoms with van der Waals surface area (Å²) >= 11 is 0. The van der Waals surface area contributed by atoms with Gasteiger partial charge in [-0.3, -0.25) is 9.78 Å². The van der Waals surface area contributed by atoms with Gasteiger partial charge in [-0.1, -0.05) is 36.4 Å². The van der Waals surface area contributed by atoms with Crippen LogP contribution in [-0.4, -0.2) is 26.5 Å². The monoisotopic (exact) mass is 463 g/mol. The summed E-state index contributed by atoms with van der Waals surface area (Å²) in [6.45, 7) is 4.41. The molecule has 3 aromatic carbocycles. The molecule has 0 aliphatic rings. The van der Waals surface area contributed by atoms with Crippen LogP contribution in [0.2, 0.25) is 0 Å². The van der Waals surface area contributed by atoms with Crippen LogP contribution in [0, 0.1) is 6.92 Å². The van der Waals surface area contributed by atoms with E-state index in [2.05, 4.69) is 22.0 Å². The summed E-state index contributed by atoms with van der Waals surface area (Å²) in [6.07, 6.45) is 1.99. The van der Waals surface area contributed by atoms with Crippen LogP contribution in [0.15, 0.2) is 85.1 Å². The van der Waals surface area contributed by atoms with Crippen molar-refractivity contribution in [2.24, 2.45) is 0 Å². The summed E-state index contributed by atoms with van der Waals surface area (Å²) in [5.41, 5.74) is 5.37. The first-order valence-electron chi connectivity index (χ1n) is 11.5. The van der Waals surface area contributed by atoms with Gasteiger partial charge in [-0.05, 0) is 67.4 Å². The Morgan fingerprint density at radius 3 is 2.51 bits per heavy atom. The number of nitrogens with zero attached hydrogens (tertiary/aromatic N) is 2. The number of aromatic nitrogens is 2. The molecule has 5 rings (SSSR count). The Balaban J connectivity index is 1.45. The number of carbonyl (C=O) groups is 2. The van der Waals surface area contributed by atoms with E-state index in [1.807, 2.05) is 62.5 Å². The fourth-order valence-electron chi connectivity index (χ4n) is 4.45. The molecule has 0 bridgehead atoms. The zero-order valence-electron chi connectivity index (χ0n) is 19.5. The van der Waals surface area contributed by atoms with Gasteiger partial charge in [-0.2, -0.15) is 0 Å². The van der Waals surface area contributed by atoms with Crippen molar-refractivity contribution in [3.05, 3.63) is 113 Å². The molecule has 0 aliphatic heterocycles. The zero-order valence-corrected chi connectivity index (χ0v) is 19.5. The average Bonchev–Trinajstić information content (AvgIpc) is 3.25. The lowest BCUT2D eigenvalue weighted by molar-refractivity contribution is 0.0696. The Morgan fingerprint density at radius 2 is 1.74 bits per heavy atom. The lowest BCUT2D eigenvalue weighted by Crippen LogP contribution is -2.27. The maximum Gasteiger partial charge on any atom is 0.335 e. The van der Waals surface area contributed by atoms with Crippen LogP contribution in [-0.2, 0) is 6.54 Å². The molecule has 0 fully saturated rings. The number of carboxylic acids is 1. The second-order valence-corrected chi connectivity index (χ2v) is 8.81. The van der Waals surface area contributed by atoms with Gasteiger partial charge in [0.05, 0.1) is 40.4 Å². The van der Waals surface area contributed by atoms with Crippen LogP contribution in [0.25, 0.3) is 21.8 Å². The van der Waals surface area contributed by atoms with E-state index in [1.165, 1.54) is 0 Å². The van der Waals surface area contributed by atoms with Crippen LogP contribution in [0.3, 0.4) is 0 Å². The van der Waals surface area contributed by atoms with Crippen molar-refractivity contribution in [3.63, 3.8) is 0 Å². The number of pyridine rings is 1. The van der Waals surface area contributed by atoms with Gasteiger partial charge in [-0.15, -0.1) is 0 Å². The Kier molecular flexibility index (Phi) is 5.79. The highest BCUT2D eigenvalue weighted by Gasteiger charge is 2.18. The van der Waals surface area contributed by atoms with Gasteiger partial charge >= 0.3 is 5.97 Å². The quantitative estimate of drug-likeness (QED) is 0.337. The van der Waals surface area contributed by atoms with E-state index in [1.54, 1.807) is 24.3 Å². The number of para-hydroxylation sites is 1. The van der Waals surface area contributed by atoms with Gasteiger partial charge < -0.3 is 15.0 Å². The van der Waals surface area contributed by atoms with Gasteiger partial charge in [0.25, 0.3) is 5.91 Å². The number of nitrogens with one attached hydrogen (secondary N) is 1. The van der Waals surface area contributed by atoms with Gasteiger partial charge in [-0.25, -0.2) is 4.79 Å². The number of benzene rings is 3. The molecule has 0 unspecified atom stereocenters. The van der Waals surface area contributed by atoms with Crippen LogP contribution < -0.4 is 5.32 Å². The molecule has 1 amide bonds. The highest BCUT2D eigenvalue weighted by molar-refractivity contribution is 6.06. The van der Waals surface area contributed by atoms with E-state index in [0.29, 0.717) is 12.1 Å². The molecule has 2 heterocycles. The number of aromatic carboxylic acids is 1. The molecule has 35 heavy (non-hydrogen) atoms. The van der Waals surface area contributed by atoms with Crippen molar-refractivity contribution in [3.8, 4) is 0 Å². The normalized spacial score (nSPS) is 12.1. The molecule has 5 aromatic rings. The average molecular weight is 464 g/mol. The number of aryl methyl sites for hydroxylation is 1. The van der Waals surface area contributed by atoms with Gasteiger partial charge in [0.15, 0.2) is 0 Å². The fraction of sp³-hybridized carbons (Fsp3) is 0.138. The molecular weight excluding hydrogens is 438 g/mol. The van der Waals surface area contributed by atoms with Crippen LogP contribution in [0.5, 0.6) is 0 Å². The van der Waals surface area contributed by atoms with Crippen molar-refractivity contribution >= 4 is 33.7 Å². The third-order valence-electron chi connectivity index (χ3n) is 6.24. The standard InChI is InChI=1S/C29H25N3O3/c1-18-15-23-13-14-32(17-24-12-11-21-5-3-4-6-26(21)31-24)27(23)25(16-18)28(33)30-19(2)20-7-9-22(10-8-20)29(34)35/h3-16,19H,17H2,1-2H3,(H,30,33)(H,34,35)/t19-/m0/s1. The fourth-order valence-corrected chi connectivity index (χ4v) is 4.45. The Bertz CT molecular complexity index is 1570. The van der Waals surface area contributed by atoms with Crippen molar-refractivity contribution in [2.75, 3.05) is 0 Å². The Hall–Kier alpha value is -4.45. The predicted molar refractivity (Wildman–Crippen MR) is 137 cm³/mol. The van der Waals surface area contributed by atoms with E-state index in [0.717, 1.165) is 38.6 Å². The van der Waals surface area contributed by atoms with E-state index >= 15 is 0 Å². The van der Waals surface area contributed by atoms with Crippen molar-refractivity contribution in [2.45, 2.75) is 26.4 Å². The Morgan fingerprint density at radius 1 is 0.971 bits per heavy atom. The second kappa shape index (κ2) is 9.06. The molecule has 0 saturated heterocycles.